The minimum Gasteiger partial charge on any atom is -0.494 e. The van der Waals surface area contributed by atoms with E-state index in [-0.39, 0.29) is 0 Å². The molecule has 0 saturated carbocycles. The lowest BCUT2D eigenvalue weighted by Crippen LogP contribution is -2.40. The van der Waals surface area contributed by atoms with Gasteiger partial charge >= 0.3 is 0 Å². The molecule has 0 aliphatic carbocycles. The van der Waals surface area contributed by atoms with E-state index >= 15 is 0 Å². The van der Waals surface area contributed by atoms with Gasteiger partial charge in [-0.25, -0.2) is 0 Å². The Labute approximate surface area is 288 Å². The molecule has 0 N–H and O–H groups in total. The fourth-order valence-corrected chi connectivity index (χ4v) is 5.94. The normalized spacial score (nSPS) is 17.4. The van der Waals surface area contributed by atoms with Crippen molar-refractivity contribution in [1.29, 1.82) is 0 Å². The average molecular weight is 661 g/mol. The van der Waals surface area contributed by atoms with E-state index in [0.717, 1.165) is 39.1 Å². The summed E-state index contributed by atoms with van der Waals surface area (Å²) in [5.41, 5.74) is 6.36. The number of halogens is 1. The minimum absolute atomic E-state index is 0.300. The van der Waals surface area contributed by atoms with Crippen molar-refractivity contribution in [3.63, 3.8) is 0 Å². The summed E-state index contributed by atoms with van der Waals surface area (Å²) in [5.74, 6) is 1.56. The largest absolute Gasteiger partial charge is 0.494 e. The molecule has 3 atom stereocenters. The number of hydrogen-bond donors (Lipinski definition) is 0. The quantitative estimate of drug-likeness (QED) is 0.112. The number of rotatable bonds is 15. The highest BCUT2D eigenvalue weighted by atomic mass is 35.5. The van der Waals surface area contributed by atoms with Crippen LogP contribution in [0.5, 0.6) is 5.75 Å². The van der Waals surface area contributed by atoms with Crippen LogP contribution >= 0.6 is 11.6 Å². The van der Waals surface area contributed by atoms with Crippen LogP contribution in [0.3, 0.4) is 0 Å². The Morgan fingerprint density at radius 2 is 1.23 bits per heavy atom. The Bertz CT molecular complexity index is 1730. The fourth-order valence-electron chi connectivity index (χ4n) is 5.76. The van der Waals surface area contributed by atoms with Crippen LogP contribution in [-0.4, -0.2) is 25.4 Å². The molecule has 0 aromatic heterocycles. The number of ether oxygens (including phenoxy) is 5. The Kier molecular flexibility index (Phi) is 12.0. The summed E-state index contributed by atoms with van der Waals surface area (Å²) >= 11 is 6.79. The van der Waals surface area contributed by atoms with E-state index in [4.69, 9.17) is 35.3 Å². The van der Waals surface area contributed by atoms with E-state index in [9.17, 15) is 0 Å². The predicted octanol–water partition coefficient (Wildman–Crippen LogP) is 9.67. The van der Waals surface area contributed by atoms with Crippen LogP contribution in [0, 0.1) is 0 Å². The van der Waals surface area contributed by atoms with E-state index in [1.165, 1.54) is 0 Å². The number of benzene rings is 5. The standard InChI is InChI=1S/C42H41ClO5/c1-2-45-37-21-18-31(19-22-37)24-36-25-35(20-23-39(36)43)41-42(47-29-34-16-10-5-11-17-34)40(46-28-33-14-8-4-9-15-33)26-38(48-41)30-44-27-32-12-6-3-7-13-32/h3-23,25-26,40-42H,2,24,27-30H2,1H3. The maximum absolute atomic E-state index is 6.79. The van der Waals surface area contributed by atoms with Crippen molar-refractivity contribution in [2.24, 2.45) is 0 Å². The van der Waals surface area contributed by atoms with E-state index in [1.54, 1.807) is 0 Å². The van der Waals surface area contributed by atoms with Gasteiger partial charge in [0, 0.05) is 5.02 Å². The molecule has 0 bridgehead atoms. The zero-order valence-electron chi connectivity index (χ0n) is 27.2. The minimum atomic E-state index is -0.467. The monoisotopic (exact) mass is 660 g/mol. The van der Waals surface area contributed by atoms with Crippen LogP contribution in [0.4, 0.5) is 0 Å². The van der Waals surface area contributed by atoms with Crippen LogP contribution in [0.1, 0.15) is 46.4 Å². The first-order valence-electron chi connectivity index (χ1n) is 16.4. The van der Waals surface area contributed by atoms with Gasteiger partial charge in [-0.05, 0) is 71.0 Å². The number of hydrogen-bond acceptors (Lipinski definition) is 5. The first-order valence-corrected chi connectivity index (χ1v) is 16.8. The van der Waals surface area contributed by atoms with Crippen LogP contribution < -0.4 is 4.74 Å². The highest BCUT2D eigenvalue weighted by Gasteiger charge is 2.38. The maximum Gasteiger partial charge on any atom is 0.152 e. The van der Waals surface area contributed by atoms with E-state index in [2.05, 4.69) is 54.6 Å². The molecule has 6 heteroatoms. The molecule has 48 heavy (non-hydrogen) atoms. The summed E-state index contributed by atoms with van der Waals surface area (Å²) in [6, 6.07) is 44.7. The van der Waals surface area contributed by atoms with Crippen molar-refractivity contribution in [3.8, 4) is 5.75 Å². The molecule has 5 aromatic rings. The Hall–Kier alpha value is -4.39. The average Bonchev–Trinajstić information content (AvgIpc) is 3.13. The van der Waals surface area contributed by atoms with Gasteiger partial charge in [-0.2, -0.15) is 0 Å². The zero-order valence-corrected chi connectivity index (χ0v) is 27.9. The van der Waals surface area contributed by atoms with Gasteiger partial charge in [0.05, 0.1) is 26.4 Å². The SMILES string of the molecule is CCOc1ccc(Cc2cc(C3OC(COCc4ccccc4)=CC(OCc4ccccc4)C3OCc3ccccc3)ccc2Cl)cc1. The molecule has 1 heterocycles. The zero-order chi connectivity index (χ0) is 33.0. The topological polar surface area (TPSA) is 46.2 Å². The van der Waals surface area contributed by atoms with Gasteiger partial charge in [0.1, 0.15) is 30.3 Å². The summed E-state index contributed by atoms with van der Waals surface area (Å²) in [6.45, 7) is 4.23. The summed E-state index contributed by atoms with van der Waals surface area (Å²) in [7, 11) is 0. The fraction of sp³-hybridized carbons (Fsp3) is 0.238. The Morgan fingerprint density at radius 1 is 0.625 bits per heavy atom. The third kappa shape index (κ3) is 9.36. The van der Waals surface area contributed by atoms with Crippen molar-refractivity contribution in [1.82, 2.24) is 0 Å². The second-order valence-electron chi connectivity index (χ2n) is 11.8. The first kappa shape index (κ1) is 33.5. The second-order valence-corrected chi connectivity index (χ2v) is 12.2. The van der Waals surface area contributed by atoms with E-state index in [0.29, 0.717) is 50.2 Å². The molecular formula is C42H41ClO5. The van der Waals surface area contributed by atoms with Crippen molar-refractivity contribution in [2.45, 2.75) is 51.5 Å². The molecule has 0 spiro atoms. The van der Waals surface area contributed by atoms with Gasteiger partial charge in [-0.15, -0.1) is 0 Å². The smallest absolute Gasteiger partial charge is 0.152 e. The molecule has 0 amide bonds. The highest BCUT2D eigenvalue weighted by molar-refractivity contribution is 6.31. The predicted molar refractivity (Wildman–Crippen MR) is 190 cm³/mol. The van der Waals surface area contributed by atoms with Gasteiger partial charge in [0.2, 0.25) is 0 Å². The Morgan fingerprint density at radius 3 is 1.85 bits per heavy atom. The lowest BCUT2D eigenvalue weighted by molar-refractivity contribution is -0.142. The lowest BCUT2D eigenvalue weighted by atomic mass is 9.94. The second kappa shape index (κ2) is 17.1. The Balaban J connectivity index is 1.29. The van der Waals surface area contributed by atoms with Crippen LogP contribution in [0.2, 0.25) is 5.02 Å². The summed E-state index contributed by atoms with van der Waals surface area (Å²) in [5, 5.41) is 0.698. The van der Waals surface area contributed by atoms with Gasteiger partial charge in [0.15, 0.2) is 6.10 Å². The molecule has 0 fully saturated rings. The lowest BCUT2D eigenvalue weighted by Gasteiger charge is -2.37. The van der Waals surface area contributed by atoms with Crippen molar-refractivity contribution >= 4 is 11.6 Å². The van der Waals surface area contributed by atoms with Crippen LogP contribution in [-0.2, 0) is 45.2 Å². The molecule has 5 nitrogen and oxygen atoms in total. The molecule has 6 rings (SSSR count). The van der Waals surface area contributed by atoms with Crippen molar-refractivity contribution < 1.29 is 23.7 Å². The van der Waals surface area contributed by atoms with E-state index in [1.807, 2.05) is 91.9 Å². The van der Waals surface area contributed by atoms with Crippen LogP contribution in [0.15, 0.2) is 145 Å². The molecular weight excluding hydrogens is 620 g/mol. The molecule has 3 unspecified atom stereocenters. The first-order chi connectivity index (χ1) is 23.6. The molecule has 246 valence electrons. The molecule has 0 saturated heterocycles. The van der Waals surface area contributed by atoms with E-state index < -0.39 is 18.3 Å². The van der Waals surface area contributed by atoms with Gasteiger partial charge < -0.3 is 23.7 Å². The van der Waals surface area contributed by atoms with Gasteiger partial charge in [0.25, 0.3) is 0 Å². The van der Waals surface area contributed by atoms with Crippen molar-refractivity contribution in [3.05, 3.63) is 184 Å². The molecule has 1 aliphatic heterocycles. The maximum atomic E-state index is 6.79. The molecule has 5 aromatic carbocycles. The third-order valence-electron chi connectivity index (χ3n) is 8.20. The van der Waals surface area contributed by atoms with Crippen LogP contribution in [0.25, 0.3) is 0 Å². The summed E-state index contributed by atoms with van der Waals surface area (Å²) in [6.07, 6.45) is 1.38. The van der Waals surface area contributed by atoms with Gasteiger partial charge in [-0.3, -0.25) is 0 Å². The highest BCUT2D eigenvalue weighted by Crippen LogP contribution is 2.37. The summed E-state index contributed by atoms with van der Waals surface area (Å²) < 4.78 is 31.9. The molecule has 0 radical (unpaired) electrons. The molecule has 1 aliphatic rings. The van der Waals surface area contributed by atoms with Crippen molar-refractivity contribution in [2.75, 3.05) is 13.2 Å². The third-order valence-corrected chi connectivity index (χ3v) is 8.57. The summed E-state index contributed by atoms with van der Waals surface area (Å²) in [4.78, 5) is 0. The van der Waals surface area contributed by atoms with Gasteiger partial charge in [-0.1, -0.05) is 127 Å².